The maximum absolute atomic E-state index is 11.9. The van der Waals surface area contributed by atoms with Crippen molar-refractivity contribution in [2.75, 3.05) is 13.2 Å². The zero-order chi connectivity index (χ0) is 30.2. The number of esters is 2. The van der Waals surface area contributed by atoms with Crippen LogP contribution in [0.5, 0.6) is 0 Å². The van der Waals surface area contributed by atoms with Gasteiger partial charge in [-0.3, -0.25) is 9.59 Å². The molecule has 0 saturated carbocycles. The second kappa shape index (κ2) is 30.8. The van der Waals surface area contributed by atoms with Gasteiger partial charge in [-0.25, -0.2) is 0 Å². The Labute approximate surface area is 251 Å². The van der Waals surface area contributed by atoms with Gasteiger partial charge in [-0.05, 0) is 44.9 Å². The van der Waals surface area contributed by atoms with Crippen LogP contribution in [0.15, 0.2) is 48.6 Å². The molecule has 2 atom stereocenters. The number of ether oxygens (including phenoxy) is 2. The number of unbranched alkanes of at least 4 members (excludes halogenated alkanes) is 12. The average molecular weight is 577 g/mol. The summed E-state index contributed by atoms with van der Waals surface area (Å²) in [5.41, 5.74) is 0. The smallest absolute Gasteiger partial charge is 0.305 e. The Hall–Kier alpha value is -2.18. The Balaban J connectivity index is 3.67. The van der Waals surface area contributed by atoms with E-state index < -0.39 is 12.2 Å². The predicted molar refractivity (Wildman–Crippen MR) is 170 cm³/mol. The van der Waals surface area contributed by atoms with Gasteiger partial charge in [-0.15, -0.1) is 0 Å². The Morgan fingerprint density at radius 3 is 1.80 bits per heavy atom. The van der Waals surface area contributed by atoms with Crippen molar-refractivity contribution in [1.29, 1.82) is 0 Å². The maximum atomic E-state index is 11.9. The number of hydrogen-bond donors (Lipinski definition) is 2. The molecule has 0 radical (unpaired) electrons. The highest BCUT2D eigenvalue weighted by Crippen LogP contribution is 2.11. The second-order valence-electron chi connectivity index (χ2n) is 10.8. The van der Waals surface area contributed by atoms with Gasteiger partial charge in [0.05, 0.1) is 6.10 Å². The standard InChI is InChI=1S/C35H60O6/c1-3-5-7-9-11-12-16-20-24-28-34(38)40-30-33(37)31-41-35(39)29-25-21-17-13-15-19-23-27-32(36)26-22-18-14-10-8-6-4-2/h13-14,17-19,22-23,26,32-33,36-37H,3-12,15-16,20-21,24-25,27-31H2,1-2H3/b17-13+,18-14-,23-19-,26-22-/t32-,33+/m1/s1. The van der Waals surface area contributed by atoms with E-state index in [4.69, 9.17) is 9.47 Å². The van der Waals surface area contributed by atoms with Crippen LogP contribution in [-0.2, 0) is 19.1 Å². The lowest BCUT2D eigenvalue weighted by atomic mass is 10.1. The summed E-state index contributed by atoms with van der Waals surface area (Å²) < 4.78 is 10.2. The van der Waals surface area contributed by atoms with Crippen molar-refractivity contribution in [2.45, 2.75) is 148 Å². The van der Waals surface area contributed by atoms with Gasteiger partial charge in [0, 0.05) is 12.8 Å². The number of carbonyl (C=O) groups is 2. The Morgan fingerprint density at radius 1 is 0.610 bits per heavy atom. The SMILES string of the molecule is CCCCC/C=C\C=C/[C@@H](O)C/C=C\C/C=C/CCCC(=O)OC[C@@H](O)COC(=O)CCCCCCCCCCC. The lowest BCUT2D eigenvalue weighted by Gasteiger charge is -2.12. The first-order chi connectivity index (χ1) is 20.0. The van der Waals surface area contributed by atoms with Crippen molar-refractivity contribution in [1.82, 2.24) is 0 Å². The van der Waals surface area contributed by atoms with Crippen LogP contribution in [0.25, 0.3) is 0 Å². The van der Waals surface area contributed by atoms with E-state index in [1.54, 1.807) is 6.08 Å². The minimum absolute atomic E-state index is 0.150. The lowest BCUT2D eigenvalue weighted by Crippen LogP contribution is -2.25. The van der Waals surface area contributed by atoms with Crippen molar-refractivity contribution in [2.24, 2.45) is 0 Å². The number of hydrogen-bond acceptors (Lipinski definition) is 6. The molecule has 2 N–H and O–H groups in total. The van der Waals surface area contributed by atoms with Crippen LogP contribution in [0.3, 0.4) is 0 Å². The van der Waals surface area contributed by atoms with Crippen LogP contribution in [0.1, 0.15) is 136 Å². The first-order valence-corrected chi connectivity index (χ1v) is 16.3. The summed E-state index contributed by atoms with van der Waals surface area (Å²) in [5.74, 6) is -0.676. The van der Waals surface area contributed by atoms with Gasteiger partial charge in [-0.2, -0.15) is 0 Å². The summed E-state index contributed by atoms with van der Waals surface area (Å²) >= 11 is 0. The molecule has 6 heteroatoms. The third-order valence-electron chi connectivity index (χ3n) is 6.65. The molecule has 0 fully saturated rings. The molecule has 6 nitrogen and oxygen atoms in total. The molecule has 0 saturated heterocycles. The molecule has 0 aromatic carbocycles. The fourth-order valence-corrected chi connectivity index (χ4v) is 4.10. The lowest BCUT2D eigenvalue weighted by molar-refractivity contribution is -0.152. The number of aliphatic hydroxyl groups excluding tert-OH is 2. The van der Waals surface area contributed by atoms with Gasteiger partial charge in [0.25, 0.3) is 0 Å². The summed E-state index contributed by atoms with van der Waals surface area (Å²) in [6.07, 6.45) is 33.3. The predicted octanol–water partition coefficient (Wildman–Crippen LogP) is 8.47. The van der Waals surface area contributed by atoms with Gasteiger partial charge >= 0.3 is 11.9 Å². The van der Waals surface area contributed by atoms with E-state index in [0.29, 0.717) is 19.3 Å². The van der Waals surface area contributed by atoms with E-state index in [1.807, 2.05) is 36.5 Å². The second-order valence-corrected chi connectivity index (χ2v) is 10.8. The topological polar surface area (TPSA) is 93.1 Å². The van der Waals surface area contributed by atoms with E-state index >= 15 is 0 Å². The summed E-state index contributed by atoms with van der Waals surface area (Å²) in [4.78, 5) is 23.7. The van der Waals surface area contributed by atoms with Crippen LogP contribution in [0.4, 0.5) is 0 Å². The van der Waals surface area contributed by atoms with Crippen LogP contribution in [-0.4, -0.2) is 47.6 Å². The first-order valence-electron chi connectivity index (χ1n) is 16.3. The number of aliphatic hydroxyl groups is 2. The van der Waals surface area contributed by atoms with E-state index in [1.165, 1.54) is 57.8 Å². The Kier molecular flexibility index (Phi) is 29.1. The minimum atomic E-state index is -1.00. The normalized spacial score (nSPS) is 13.6. The van der Waals surface area contributed by atoms with Gasteiger partial charge < -0.3 is 19.7 Å². The fraction of sp³-hybridized carbons (Fsp3) is 0.714. The molecule has 0 aliphatic carbocycles. The molecular weight excluding hydrogens is 516 g/mol. The third kappa shape index (κ3) is 30.6. The van der Waals surface area contributed by atoms with Gasteiger partial charge in [0.2, 0.25) is 0 Å². The van der Waals surface area contributed by atoms with Crippen LogP contribution in [0.2, 0.25) is 0 Å². The Bertz CT molecular complexity index is 724. The molecule has 0 heterocycles. The van der Waals surface area contributed by atoms with Crippen LogP contribution >= 0.6 is 0 Å². The van der Waals surface area contributed by atoms with E-state index in [-0.39, 0.29) is 31.6 Å². The molecule has 0 unspecified atom stereocenters. The van der Waals surface area contributed by atoms with Crippen molar-refractivity contribution < 1.29 is 29.3 Å². The average Bonchev–Trinajstić information content (AvgIpc) is 2.96. The zero-order valence-electron chi connectivity index (χ0n) is 26.2. The zero-order valence-corrected chi connectivity index (χ0v) is 26.2. The van der Waals surface area contributed by atoms with Crippen LogP contribution in [0, 0.1) is 0 Å². The Morgan fingerprint density at radius 2 is 1.15 bits per heavy atom. The monoisotopic (exact) mass is 576 g/mol. The summed E-state index contributed by atoms with van der Waals surface area (Å²) in [6.45, 7) is 4.10. The van der Waals surface area contributed by atoms with Crippen molar-refractivity contribution >= 4 is 11.9 Å². The molecule has 0 aliphatic rings. The summed E-state index contributed by atoms with van der Waals surface area (Å²) in [6, 6.07) is 0. The third-order valence-corrected chi connectivity index (χ3v) is 6.65. The highest BCUT2D eigenvalue weighted by molar-refractivity contribution is 5.69. The van der Waals surface area contributed by atoms with Gasteiger partial charge in [-0.1, -0.05) is 127 Å². The molecule has 0 aromatic heterocycles. The highest BCUT2D eigenvalue weighted by Gasteiger charge is 2.11. The fourth-order valence-electron chi connectivity index (χ4n) is 4.10. The van der Waals surface area contributed by atoms with Crippen molar-refractivity contribution in [3.63, 3.8) is 0 Å². The number of rotatable bonds is 28. The maximum Gasteiger partial charge on any atom is 0.305 e. The molecule has 0 amide bonds. The molecular formula is C35H60O6. The summed E-state index contributed by atoms with van der Waals surface area (Å²) in [5, 5.41) is 19.9. The molecule has 0 aromatic rings. The van der Waals surface area contributed by atoms with E-state index in [9.17, 15) is 19.8 Å². The summed E-state index contributed by atoms with van der Waals surface area (Å²) in [7, 11) is 0. The van der Waals surface area contributed by atoms with E-state index in [2.05, 4.69) is 19.9 Å². The highest BCUT2D eigenvalue weighted by atomic mass is 16.6. The van der Waals surface area contributed by atoms with Crippen LogP contribution < -0.4 is 0 Å². The largest absolute Gasteiger partial charge is 0.463 e. The van der Waals surface area contributed by atoms with Gasteiger partial charge in [0.1, 0.15) is 19.3 Å². The molecule has 41 heavy (non-hydrogen) atoms. The quantitative estimate of drug-likeness (QED) is 0.0420. The van der Waals surface area contributed by atoms with Gasteiger partial charge in [0.15, 0.2) is 0 Å². The minimum Gasteiger partial charge on any atom is -0.463 e. The van der Waals surface area contributed by atoms with Crippen molar-refractivity contribution in [3.8, 4) is 0 Å². The van der Waals surface area contributed by atoms with Crippen molar-refractivity contribution in [3.05, 3.63) is 48.6 Å². The molecule has 0 rings (SSSR count). The molecule has 0 aliphatic heterocycles. The number of carbonyl (C=O) groups excluding carboxylic acids is 2. The first kappa shape index (κ1) is 38.8. The number of allylic oxidation sites excluding steroid dienone is 6. The molecule has 0 bridgehead atoms. The molecule has 236 valence electrons. The molecule has 0 spiro atoms. The van der Waals surface area contributed by atoms with E-state index in [0.717, 1.165) is 38.5 Å².